The van der Waals surface area contributed by atoms with Crippen molar-refractivity contribution in [3.8, 4) is 0 Å². The molecule has 1 aliphatic rings. The largest absolute Gasteiger partial charge is 0.380 e. The van der Waals surface area contributed by atoms with Crippen molar-refractivity contribution in [1.82, 2.24) is 0 Å². The number of carbonyl (C=O) groups is 1. The number of hydrogen-bond donors (Lipinski definition) is 2. The lowest BCUT2D eigenvalue weighted by molar-refractivity contribution is -0.127. The highest BCUT2D eigenvalue weighted by atomic mass is 16.5. The molecule has 0 aromatic heterocycles. The van der Waals surface area contributed by atoms with Crippen LogP contribution in [0.2, 0.25) is 0 Å². The summed E-state index contributed by atoms with van der Waals surface area (Å²) >= 11 is 0. The molecule has 1 fully saturated rings. The number of amides is 1. The molecule has 58 valence electrons. The van der Waals surface area contributed by atoms with Crippen LogP contribution in [0, 0.1) is 5.41 Å². The second-order valence-electron chi connectivity index (χ2n) is 2.65. The summed E-state index contributed by atoms with van der Waals surface area (Å²) < 4.78 is 5.03. The Morgan fingerprint density at radius 1 is 1.70 bits per heavy atom. The maximum absolute atomic E-state index is 10.8. The van der Waals surface area contributed by atoms with Crippen molar-refractivity contribution in [2.24, 2.45) is 16.9 Å². The molecule has 0 aliphatic carbocycles. The highest BCUT2D eigenvalue weighted by Gasteiger charge is 2.39. The molecule has 0 saturated carbocycles. The van der Waals surface area contributed by atoms with Crippen molar-refractivity contribution in [2.75, 3.05) is 19.8 Å². The van der Waals surface area contributed by atoms with E-state index in [9.17, 15) is 4.79 Å². The Hall–Kier alpha value is -0.610. The van der Waals surface area contributed by atoms with Crippen molar-refractivity contribution in [2.45, 2.75) is 6.42 Å². The minimum absolute atomic E-state index is 0.294. The summed E-state index contributed by atoms with van der Waals surface area (Å²) in [6, 6.07) is 0. The normalized spacial score (nSPS) is 32.5. The molecule has 4 N–H and O–H groups in total. The highest BCUT2D eigenvalue weighted by Crippen LogP contribution is 2.26. The molecule has 4 heteroatoms. The first-order valence-electron chi connectivity index (χ1n) is 3.29. The van der Waals surface area contributed by atoms with Gasteiger partial charge in [-0.2, -0.15) is 0 Å². The fraction of sp³-hybridized carbons (Fsp3) is 0.833. The van der Waals surface area contributed by atoms with E-state index in [1.165, 1.54) is 0 Å². The molecule has 0 aromatic carbocycles. The molecule has 4 nitrogen and oxygen atoms in total. The van der Waals surface area contributed by atoms with Crippen LogP contribution in [-0.2, 0) is 9.53 Å². The zero-order valence-electron chi connectivity index (χ0n) is 5.80. The molecule has 0 aromatic rings. The summed E-state index contributed by atoms with van der Waals surface area (Å²) in [5.74, 6) is -0.340. The van der Waals surface area contributed by atoms with Gasteiger partial charge in [-0.25, -0.2) is 0 Å². The van der Waals surface area contributed by atoms with Gasteiger partial charge in [-0.1, -0.05) is 0 Å². The van der Waals surface area contributed by atoms with Crippen LogP contribution >= 0.6 is 0 Å². The van der Waals surface area contributed by atoms with Crippen LogP contribution < -0.4 is 11.5 Å². The Kier molecular flexibility index (Phi) is 1.92. The minimum atomic E-state index is -0.569. The average molecular weight is 144 g/mol. The number of rotatable bonds is 2. The fourth-order valence-electron chi connectivity index (χ4n) is 1.06. The van der Waals surface area contributed by atoms with Crippen LogP contribution in [0.1, 0.15) is 6.42 Å². The molecule has 1 saturated heterocycles. The van der Waals surface area contributed by atoms with Gasteiger partial charge in [0.2, 0.25) is 5.91 Å². The molecule has 0 bridgehead atoms. The summed E-state index contributed by atoms with van der Waals surface area (Å²) in [5, 5.41) is 0. The zero-order valence-corrected chi connectivity index (χ0v) is 5.80. The second-order valence-corrected chi connectivity index (χ2v) is 2.65. The lowest BCUT2D eigenvalue weighted by Gasteiger charge is -2.19. The molecule has 1 atom stereocenters. The van der Waals surface area contributed by atoms with Gasteiger partial charge in [0.05, 0.1) is 12.0 Å². The smallest absolute Gasteiger partial charge is 0.227 e. The van der Waals surface area contributed by atoms with Crippen molar-refractivity contribution in [3.63, 3.8) is 0 Å². The Morgan fingerprint density at radius 2 is 2.40 bits per heavy atom. The number of ether oxygens (including phenoxy) is 1. The van der Waals surface area contributed by atoms with E-state index in [0.29, 0.717) is 26.2 Å². The zero-order chi connectivity index (χ0) is 7.61. The first-order valence-corrected chi connectivity index (χ1v) is 3.29. The van der Waals surface area contributed by atoms with Crippen LogP contribution in [0.4, 0.5) is 0 Å². The summed E-state index contributed by atoms with van der Waals surface area (Å²) in [5.41, 5.74) is 9.96. The van der Waals surface area contributed by atoms with Crippen LogP contribution in [0.15, 0.2) is 0 Å². The van der Waals surface area contributed by atoms with Crippen molar-refractivity contribution < 1.29 is 9.53 Å². The van der Waals surface area contributed by atoms with Crippen molar-refractivity contribution >= 4 is 5.91 Å². The number of primary amides is 1. The van der Waals surface area contributed by atoms with Crippen molar-refractivity contribution in [3.05, 3.63) is 0 Å². The standard InChI is InChI=1S/C6H12N2O2/c7-3-6(5(8)9)1-2-10-4-6/h1-4,7H2,(H2,8,9). The van der Waals surface area contributed by atoms with Crippen LogP contribution in [0.5, 0.6) is 0 Å². The Bertz CT molecular complexity index is 141. The minimum Gasteiger partial charge on any atom is -0.380 e. The number of carbonyl (C=O) groups excluding carboxylic acids is 1. The quantitative estimate of drug-likeness (QED) is 0.513. The van der Waals surface area contributed by atoms with Gasteiger partial charge in [0.1, 0.15) is 0 Å². The first kappa shape index (κ1) is 7.50. The maximum atomic E-state index is 10.8. The summed E-state index contributed by atoms with van der Waals surface area (Å²) in [6.45, 7) is 1.28. The van der Waals surface area contributed by atoms with Crippen LogP contribution in [0.3, 0.4) is 0 Å². The van der Waals surface area contributed by atoms with E-state index in [1.807, 2.05) is 0 Å². The average Bonchev–Trinajstić information content (AvgIpc) is 2.35. The van der Waals surface area contributed by atoms with E-state index < -0.39 is 5.41 Å². The predicted molar refractivity (Wildman–Crippen MR) is 36.1 cm³/mol. The number of hydrogen-bond acceptors (Lipinski definition) is 3. The van der Waals surface area contributed by atoms with Gasteiger partial charge in [-0.15, -0.1) is 0 Å². The molecule has 1 aliphatic heterocycles. The van der Waals surface area contributed by atoms with E-state index in [1.54, 1.807) is 0 Å². The molecule has 0 spiro atoms. The van der Waals surface area contributed by atoms with Crippen LogP contribution in [0.25, 0.3) is 0 Å². The Morgan fingerprint density at radius 3 is 2.60 bits per heavy atom. The first-order chi connectivity index (χ1) is 4.71. The van der Waals surface area contributed by atoms with E-state index in [4.69, 9.17) is 16.2 Å². The van der Waals surface area contributed by atoms with Gasteiger partial charge in [0.15, 0.2) is 0 Å². The second kappa shape index (κ2) is 2.56. The van der Waals surface area contributed by atoms with Gasteiger partial charge < -0.3 is 16.2 Å². The third-order valence-electron chi connectivity index (χ3n) is 2.02. The van der Waals surface area contributed by atoms with Crippen molar-refractivity contribution in [1.29, 1.82) is 0 Å². The van der Waals surface area contributed by atoms with E-state index >= 15 is 0 Å². The molecule has 1 unspecified atom stereocenters. The molecule has 1 amide bonds. The topological polar surface area (TPSA) is 78.3 Å². The summed E-state index contributed by atoms with van der Waals surface area (Å²) in [7, 11) is 0. The highest BCUT2D eigenvalue weighted by molar-refractivity contribution is 5.81. The van der Waals surface area contributed by atoms with Crippen LogP contribution in [-0.4, -0.2) is 25.7 Å². The third kappa shape index (κ3) is 0.998. The van der Waals surface area contributed by atoms with Gasteiger partial charge >= 0.3 is 0 Å². The van der Waals surface area contributed by atoms with E-state index in [-0.39, 0.29) is 5.91 Å². The molecular formula is C6H12N2O2. The summed E-state index contributed by atoms with van der Waals surface area (Å²) in [6.07, 6.45) is 0.666. The fourth-order valence-corrected chi connectivity index (χ4v) is 1.06. The predicted octanol–water partition coefficient (Wildman–Crippen LogP) is -1.16. The lowest BCUT2D eigenvalue weighted by atomic mass is 9.87. The molecule has 10 heavy (non-hydrogen) atoms. The maximum Gasteiger partial charge on any atom is 0.227 e. The molecule has 0 radical (unpaired) electrons. The van der Waals surface area contributed by atoms with E-state index in [0.717, 1.165) is 0 Å². The molecule has 1 heterocycles. The van der Waals surface area contributed by atoms with Gasteiger partial charge in [-0.3, -0.25) is 4.79 Å². The van der Waals surface area contributed by atoms with Gasteiger partial charge in [-0.05, 0) is 6.42 Å². The monoisotopic (exact) mass is 144 g/mol. The third-order valence-corrected chi connectivity index (χ3v) is 2.02. The SMILES string of the molecule is NCC1(C(N)=O)CCOC1. The Balaban J connectivity index is 2.67. The van der Waals surface area contributed by atoms with E-state index in [2.05, 4.69) is 0 Å². The molecule has 1 rings (SSSR count). The Labute approximate surface area is 59.5 Å². The number of nitrogens with two attached hydrogens (primary N) is 2. The van der Waals surface area contributed by atoms with Gasteiger partial charge in [0.25, 0.3) is 0 Å². The lowest BCUT2D eigenvalue weighted by Crippen LogP contribution is -2.43. The van der Waals surface area contributed by atoms with Gasteiger partial charge in [0, 0.05) is 13.2 Å². The molecular weight excluding hydrogens is 132 g/mol. The summed E-state index contributed by atoms with van der Waals surface area (Å²) in [4.78, 5) is 10.8.